The molecule has 1 aliphatic rings. The third-order valence-corrected chi connectivity index (χ3v) is 2.53. The highest BCUT2D eigenvalue weighted by Gasteiger charge is 2.20. The predicted octanol–water partition coefficient (Wildman–Crippen LogP) is 1.42. The standard InChI is InChI=1S/C8H9NO2S/c1-6-3-2-4-7-8(6)11-5-12(10)9-7/h2-4,9H,5H2,1H3. The number of ether oxygens (including phenoxy) is 1. The van der Waals surface area contributed by atoms with Gasteiger partial charge in [0, 0.05) is 0 Å². The largest absolute Gasteiger partial charge is 0.590 e. The van der Waals surface area contributed by atoms with Crippen LogP contribution < -0.4 is 9.46 Å². The number of para-hydroxylation sites is 1. The molecule has 1 heterocycles. The highest BCUT2D eigenvalue weighted by molar-refractivity contribution is 7.92. The molecule has 1 atom stereocenters. The minimum atomic E-state index is -1.08. The van der Waals surface area contributed by atoms with E-state index in [9.17, 15) is 4.55 Å². The van der Waals surface area contributed by atoms with Gasteiger partial charge in [-0.25, -0.2) is 4.72 Å². The number of rotatable bonds is 0. The molecule has 1 unspecified atom stereocenters. The van der Waals surface area contributed by atoms with Crippen LogP contribution in [0.5, 0.6) is 5.75 Å². The molecule has 64 valence electrons. The second-order valence-electron chi connectivity index (χ2n) is 2.66. The Morgan fingerprint density at radius 2 is 2.42 bits per heavy atom. The summed E-state index contributed by atoms with van der Waals surface area (Å²) < 4.78 is 19.2. The molecule has 0 fully saturated rings. The third-order valence-electron chi connectivity index (χ3n) is 1.75. The Bertz CT molecular complexity index is 303. The molecular formula is C8H9NO2S. The fraction of sp³-hybridized carbons (Fsp3) is 0.250. The molecule has 12 heavy (non-hydrogen) atoms. The highest BCUT2D eigenvalue weighted by atomic mass is 32.2. The molecular weight excluding hydrogens is 174 g/mol. The van der Waals surface area contributed by atoms with E-state index in [2.05, 4.69) is 4.72 Å². The zero-order chi connectivity index (χ0) is 8.55. The molecule has 2 rings (SSSR count). The van der Waals surface area contributed by atoms with Crippen molar-refractivity contribution >= 4 is 17.0 Å². The molecule has 4 heteroatoms. The van der Waals surface area contributed by atoms with Crippen molar-refractivity contribution < 1.29 is 9.29 Å². The van der Waals surface area contributed by atoms with Crippen molar-refractivity contribution in [2.45, 2.75) is 6.92 Å². The van der Waals surface area contributed by atoms with Gasteiger partial charge in [0.2, 0.25) is 0 Å². The van der Waals surface area contributed by atoms with Gasteiger partial charge in [0.1, 0.15) is 17.0 Å². The maximum absolute atomic E-state index is 11.0. The summed E-state index contributed by atoms with van der Waals surface area (Å²) >= 11 is -1.08. The SMILES string of the molecule is Cc1cccc2c1OC[S+]([O-])N2. The Morgan fingerprint density at radius 3 is 3.25 bits per heavy atom. The molecule has 3 nitrogen and oxygen atoms in total. The molecule has 0 aliphatic carbocycles. The number of anilines is 1. The smallest absolute Gasteiger partial charge is 0.269 e. The molecule has 0 radical (unpaired) electrons. The van der Waals surface area contributed by atoms with Crippen LogP contribution in [0.3, 0.4) is 0 Å². The first-order valence-electron chi connectivity index (χ1n) is 3.65. The van der Waals surface area contributed by atoms with E-state index in [1.54, 1.807) is 0 Å². The van der Waals surface area contributed by atoms with E-state index < -0.39 is 11.4 Å². The number of aryl methyl sites for hydroxylation is 1. The monoisotopic (exact) mass is 183 g/mol. The number of hydrogen-bond acceptors (Lipinski definition) is 3. The third kappa shape index (κ3) is 1.23. The molecule has 1 aromatic carbocycles. The van der Waals surface area contributed by atoms with Gasteiger partial charge in [0.25, 0.3) is 5.94 Å². The van der Waals surface area contributed by atoms with Crippen molar-refractivity contribution in [3.8, 4) is 5.75 Å². The van der Waals surface area contributed by atoms with Crippen molar-refractivity contribution in [2.75, 3.05) is 10.7 Å². The molecule has 0 bridgehead atoms. The highest BCUT2D eigenvalue weighted by Crippen LogP contribution is 2.32. The molecule has 0 saturated heterocycles. The van der Waals surface area contributed by atoms with Gasteiger partial charge in [-0.3, -0.25) is 0 Å². The van der Waals surface area contributed by atoms with Crippen LogP contribution in [0, 0.1) is 6.92 Å². The Kier molecular flexibility index (Phi) is 1.86. The Balaban J connectivity index is 2.42. The minimum absolute atomic E-state index is 0.234. The van der Waals surface area contributed by atoms with Crippen molar-refractivity contribution in [3.63, 3.8) is 0 Å². The van der Waals surface area contributed by atoms with Gasteiger partial charge in [-0.2, -0.15) is 0 Å². The number of nitrogens with one attached hydrogen (secondary N) is 1. The average Bonchev–Trinajstić information content (AvgIpc) is 2.04. The first-order valence-corrected chi connectivity index (χ1v) is 4.97. The molecule has 0 amide bonds. The van der Waals surface area contributed by atoms with Crippen molar-refractivity contribution in [1.82, 2.24) is 0 Å². The van der Waals surface area contributed by atoms with E-state index in [-0.39, 0.29) is 5.94 Å². The lowest BCUT2D eigenvalue weighted by Crippen LogP contribution is -2.25. The second kappa shape index (κ2) is 2.88. The van der Waals surface area contributed by atoms with Crippen LogP contribution in [0.25, 0.3) is 0 Å². The van der Waals surface area contributed by atoms with Crippen LogP contribution >= 0.6 is 0 Å². The molecule has 1 aliphatic heterocycles. The Morgan fingerprint density at radius 1 is 1.58 bits per heavy atom. The molecule has 0 saturated carbocycles. The first kappa shape index (κ1) is 7.76. The lowest BCUT2D eigenvalue weighted by Gasteiger charge is -2.21. The van der Waals surface area contributed by atoms with E-state index in [4.69, 9.17) is 4.74 Å². The van der Waals surface area contributed by atoms with Crippen LogP contribution in [0.2, 0.25) is 0 Å². The van der Waals surface area contributed by atoms with Gasteiger partial charge in [-0.05, 0) is 18.6 Å². The van der Waals surface area contributed by atoms with Gasteiger partial charge in [-0.1, -0.05) is 12.1 Å². The van der Waals surface area contributed by atoms with Crippen molar-refractivity contribution in [3.05, 3.63) is 23.8 Å². The van der Waals surface area contributed by atoms with E-state index in [1.807, 2.05) is 25.1 Å². The summed E-state index contributed by atoms with van der Waals surface area (Å²) in [5.41, 5.74) is 1.89. The quantitative estimate of drug-likeness (QED) is 0.619. The Hall–Kier alpha value is -0.870. The summed E-state index contributed by atoms with van der Waals surface area (Å²) in [6.45, 7) is 1.97. The lowest BCUT2D eigenvalue weighted by molar-refractivity contribution is 0.372. The summed E-state index contributed by atoms with van der Waals surface area (Å²) in [6, 6.07) is 5.74. The van der Waals surface area contributed by atoms with E-state index in [0.29, 0.717) is 0 Å². The van der Waals surface area contributed by atoms with Crippen LogP contribution in [0.15, 0.2) is 18.2 Å². The van der Waals surface area contributed by atoms with Crippen molar-refractivity contribution in [2.24, 2.45) is 0 Å². The van der Waals surface area contributed by atoms with Crippen LogP contribution in [0.1, 0.15) is 5.56 Å². The van der Waals surface area contributed by atoms with Crippen LogP contribution in [0.4, 0.5) is 5.69 Å². The summed E-state index contributed by atoms with van der Waals surface area (Å²) in [5, 5.41) is 0. The molecule has 1 N–H and O–H groups in total. The van der Waals surface area contributed by atoms with Gasteiger partial charge < -0.3 is 9.29 Å². The predicted molar refractivity (Wildman–Crippen MR) is 48.4 cm³/mol. The van der Waals surface area contributed by atoms with Crippen LogP contribution in [-0.2, 0) is 11.4 Å². The van der Waals surface area contributed by atoms with Gasteiger partial charge in [0.15, 0.2) is 5.75 Å². The number of fused-ring (bicyclic) bond motifs is 1. The summed E-state index contributed by atoms with van der Waals surface area (Å²) in [7, 11) is 0. The first-order chi connectivity index (χ1) is 5.77. The zero-order valence-corrected chi connectivity index (χ0v) is 7.48. The number of benzene rings is 1. The maximum Gasteiger partial charge on any atom is 0.269 e. The van der Waals surface area contributed by atoms with Gasteiger partial charge in [0.05, 0.1) is 0 Å². The lowest BCUT2D eigenvalue weighted by atomic mass is 10.2. The van der Waals surface area contributed by atoms with E-state index in [0.717, 1.165) is 17.0 Å². The topological polar surface area (TPSA) is 44.3 Å². The fourth-order valence-corrected chi connectivity index (χ4v) is 1.88. The number of hydrogen-bond donors (Lipinski definition) is 1. The molecule has 0 aromatic heterocycles. The molecule has 0 spiro atoms. The average molecular weight is 183 g/mol. The summed E-state index contributed by atoms with van der Waals surface area (Å²) in [4.78, 5) is 0. The Labute approximate surface area is 74.0 Å². The summed E-state index contributed by atoms with van der Waals surface area (Å²) in [5.74, 6) is 1.05. The second-order valence-corrected chi connectivity index (χ2v) is 3.79. The summed E-state index contributed by atoms with van der Waals surface area (Å²) in [6.07, 6.45) is 0. The van der Waals surface area contributed by atoms with Gasteiger partial charge >= 0.3 is 0 Å². The van der Waals surface area contributed by atoms with E-state index in [1.165, 1.54) is 0 Å². The maximum atomic E-state index is 11.0. The van der Waals surface area contributed by atoms with Crippen LogP contribution in [-0.4, -0.2) is 10.5 Å². The fourth-order valence-electron chi connectivity index (χ4n) is 1.19. The van der Waals surface area contributed by atoms with Crippen molar-refractivity contribution in [1.29, 1.82) is 0 Å². The normalized spacial score (nSPS) is 20.7. The zero-order valence-electron chi connectivity index (χ0n) is 6.66. The molecule has 1 aromatic rings. The van der Waals surface area contributed by atoms with Gasteiger partial charge in [-0.15, -0.1) is 0 Å². The van der Waals surface area contributed by atoms with E-state index >= 15 is 0 Å². The minimum Gasteiger partial charge on any atom is -0.590 e.